The molecule has 0 spiro atoms. The van der Waals surface area contributed by atoms with Gasteiger partial charge in [0.15, 0.2) is 0 Å². The molecule has 3 aromatic carbocycles. The van der Waals surface area contributed by atoms with Crippen molar-refractivity contribution in [2.24, 2.45) is 0 Å². The largest absolute Gasteiger partial charge is 0.396 e. The number of hydrogen-bond donors (Lipinski definition) is 1. The lowest BCUT2D eigenvalue weighted by Crippen LogP contribution is -1.98. The second-order valence-corrected chi connectivity index (χ2v) is 7.65. The molecule has 1 heteroatoms. The van der Waals surface area contributed by atoms with Crippen molar-refractivity contribution in [1.29, 1.82) is 0 Å². The maximum absolute atomic E-state index is 9.23. The Morgan fingerprint density at radius 2 is 1.07 bits per heavy atom. The van der Waals surface area contributed by atoms with E-state index in [0.717, 1.165) is 32.1 Å². The van der Waals surface area contributed by atoms with Crippen LogP contribution in [-0.4, -0.2) is 11.7 Å². The number of aliphatic hydroxyl groups excluding tert-OH is 1. The zero-order chi connectivity index (χ0) is 19.9. The van der Waals surface area contributed by atoms with Gasteiger partial charge in [-0.1, -0.05) is 80.1 Å². The first kappa shape index (κ1) is 20.4. The minimum atomic E-state index is 0.207. The highest BCUT2D eigenvalue weighted by Crippen LogP contribution is 2.30. The van der Waals surface area contributed by atoms with Gasteiger partial charge in [0, 0.05) is 6.61 Å². The average molecular weight is 373 g/mol. The van der Waals surface area contributed by atoms with Gasteiger partial charge in [0.1, 0.15) is 0 Å². The van der Waals surface area contributed by atoms with Gasteiger partial charge >= 0.3 is 0 Å². The van der Waals surface area contributed by atoms with Crippen molar-refractivity contribution < 1.29 is 5.11 Å². The summed E-state index contributed by atoms with van der Waals surface area (Å²) in [5, 5.41) is 9.23. The zero-order valence-corrected chi connectivity index (χ0v) is 17.5. The molecule has 0 heterocycles. The first-order valence-corrected chi connectivity index (χ1v) is 10.5. The molecule has 0 aliphatic heterocycles. The predicted molar refractivity (Wildman–Crippen MR) is 120 cm³/mol. The quantitative estimate of drug-likeness (QED) is 0.506. The summed E-state index contributed by atoms with van der Waals surface area (Å²) in [5.74, 6) is 0. The molecule has 0 unspecified atom stereocenters. The van der Waals surface area contributed by atoms with Crippen LogP contribution in [0.2, 0.25) is 0 Å². The molecule has 0 aliphatic rings. The molecule has 146 valence electrons. The Balaban J connectivity index is 1.84. The summed E-state index contributed by atoms with van der Waals surface area (Å²) in [5.41, 5.74) is 10.8. The lowest BCUT2D eigenvalue weighted by Gasteiger charge is -2.15. The fourth-order valence-electron chi connectivity index (χ4n) is 3.89. The minimum Gasteiger partial charge on any atom is -0.396 e. The van der Waals surface area contributed by atoms with Crippen molar-refractivity contribution in [3.8, 4) is 11.1 Å². The molecule has 0 aromatic heterocycles. The SMILES string of the molecule is CCc1cc(CCO)ccc1-c1ccc(CCc2ccc(C)cc2)cc1CC. The third-order valence-corrected chi connectivity index (χ3v) is 5.61. The van der Waals surface area contributed by atoms with Gasteiger partial charge in [0.2, 0.25) is 0 Å². The number of benzene rings is 3. The number of hydrogen-bond acceptors (Lipinski definition) is 1. The van der Waals surface area contributed by atoms with Gasteiger partial charge in [-0.25, -0.2) is 0 Å². The fourth-order valence-corrected chi connectivity index (χ4v) is 3.89. The number of aryl methyl sites for hydroxylation is 5. The van der Waals surface area contributed by atoms with Crippen molar-refractivity contribution >= 4 is 0 Å². The van der Waals surface area contributed by atoms with Crippen molar-refractivity contribution in [1.82, 2.24) is 0 Å². The van der Waals surface area contributed by atoms with Crippen LogP contribution in [0.15, 0.2) is 60.7 Å². The highest BCUT2D eigenvalue weighted by molar-refractivity contribution is 5.71. The van der Waals surface area contributed by atoms with E-state index in [4.69, 9.17) is 0 Å². The normalized spacial score (nSPS) is 11.0. The van der Waals surface area contributed by atoms with Crippen LogP contribution in [0.3, 0.4) is 0 Å². The molecule has 0 aliphatic carbocycles. The van der Waals surface area contributed by atoms with Gasteiger partial charge in [-0.05, 0) is 78.0 Å². The molecule has 0 amide bonds. The van der Waals surface area contributed by atoms with Crippen molar-refractivity contribution in [2.45, 2.75) is 52.9 Å². The number of rotatable bonds is 8. The molecule has 0 bridgehead atoms. The van der Waals surface area contributed by atoms with E-state index < -0.39 is 0 Å². The zero-order valence-electron chi connectivity index (χ0n) is 17.5. The van der Waals surface area contributed by atoms with E-state index in [2.05, 4.69) is 81.4 Å². The number of aliphatic hydroxyl groups is 1. The van der Waals surface area contributed by atoms with Gasteiger partial charge in [0.25, 0.3) is 0 Å². The molecule has 0 fully saturated rings. The van der Waals surface area contributed by atoms with Gasteiger partial charge in [-0.15, -0.1) is 0 Å². The van der Waals surface area contributed by atoms with Crippen LogP contribution in [0.1, 0.15) is 47.2 Å². The summed E-state index contributed by atoms with van der Waals surface area (Å²) in [6, 6.07) is 22.5. The average Bonchev–Trinajstić information content (AvgIpc) is 2.73. The Labute approximate surface area is 170 Å². The lowest BCUT2D eigenvalue weighted by molar-refractivity contribution is 0.299. The van der Waals surface area contributed by atoms with E-state index in [1.807, 2.05) is 0 Å². The van der Waals surface area contributed by atoms with E-state index in [0.29, 0.717) is 0 Å². The molecule has 0 saturated heterocycles. The molecule has 28 heavy (non-hydrogen) atoms. The van der Waals surface area contributed by atoms with Gasteiger partial charge in [-0.3, -0.25) is 0 Å². The first-order valence-electron chi connectivity index (χ1n) is 10.5. The van der Waals surface area contributed by atoms with E-state index in [-0.39, 0.29) is 6.61 Å². The summed E-state index contributed by atoms with van der Waals surface area (Å²) in [7, 11) is 0. The van der Waals surface area contributed by atoms with E-state index in [1.54, 1.807) is 0 Å². The maximum Gasteiger partial charge on any atom is 0.0471 e. The Morgan fingerprint density at radius 3 is 1.57 bits per heavy atom. The second kappa shape index (κ2) is 9.71. The van der Waals surface area contributed by atoms with Crippen molar-refractivity contribution in [3.63, 3.8) is 0 Å². The smallest absolute Gasteiger partial charge is 0.0471 e. The molecule has 3 aromatic rings. The Bertz CT molecular complexity index is 906. The van der Waals surface area contributed by atoms with Crippen LogP contribution >= 0.6 is 0 Å². The maximum atomic E-state index is 9.23. The van der Waals surface area contributed by atoms with Crippen molar-refractivity contribution in [3.05, 3.63) is 94.0 Å². The van der Waals surface area contributed by atoms with Crippen LogP contribution in [0.4, 0.5) is 0 Å². The monoisotopic (exact) mass is 372 g/mol. The Morgan fingerprint density at radius 1 is 0.607 bits per heavy atom. The lowest BCUT2D eigenvalue weighted by atomic mass is 9.89. The Kier molecular flexibility index (Phi) is 7.06. The molecule has 1 N–H and O–H groups in total. The molecule has 1 nitrogen and oxygen atoms in total. The standard InChI is InChI=1S/C27H32O/c1-4-24-18-22(11-10-21-8-6-20(3)7-9-21)12-14-26(24)27-15-13-23(16-17-28)19-25(27)5-2/h6-9,12-15,18-19,28H,4-5,10-11,16-17H2,1-3H3. The third kappa shape index (κ3) is 4.91. The summed E-state index contributed by atoms with van der Waals surface area (Å²) in [4.78, 5) is 0. The topological polar surface area (TPSA) is 20.2 Å². The van der Waals surface area contributed by atoms with Crippen molar-refractivity contribution in [2.75, 3.05) is 6.61 Å². The van der Waals surface area contributed by atoms with Gasteiger partial charge < -0.3 is 5.11 Å². The molecule has 0 saturated carbocycles. The molecule has 3 rings (SSSR count). The van der Waals surface area contributed by atoms with Crippen LogP contribution in [-0.2, 0) is 32.1 Å². The minimum absolute atomic E-state index is 0.207. The van der Waals surface area contributed by atoms with E-state index >= 15 is 0 Å². The van der Waals surface area contributed by atoms with Crippen LogP contribution in [0.25, 0.3) is 11.1 Å². The summed E-state index contributed by atoms with van der Waals surface area (Å²) in [6.45, 7) is 6.80. The summed E-state index contributed by atoms with van der Waals surface area (Å²) in [6.07, 6.45) is 4.93. The predicted octanol–water partition coefficient (Wildman–Crippen LogP) is 6.11. The third-order valence-electron chi connectivity index (χ3n) is 5.61. The molecular weight excluding hydrogens is 340 g/mol. The van der Waals surface area contributed by atoms with E-state index in [1.165, 1.54) is 44.5 Å². The molecule has 0 atom stereocenters. The second-order valence-electron chi connectivity index (χ2n) is 7.65. The van der Waals surface area contributed by atoms with E-state index in [9.17, 15) is 5.11 Å². The molecular formula is C27H32O. The van der Waals surface area contributed by atoms with Crippen LogP contribution < -0.4 is 0 Å². The highest BCUT2D eigenvalue weighted by Gasteiger charge is 2.10. The Hall–Kier alpha value is -2.38. The highest BCUT2D eigenvalue weighted by atomic mass is 16.2. The van der Waals surface area contributed by atoms with Gasteiger partial charge in [0.05, 0.1) is 0 Å². The summed E-state index contributed by atoms with van der Waals surface area (Å²) < 4.78 is 0. The van der Waals surface area contributed by atoms with Gasteiger partial charge in [-0.2, -0.15) is 0 Å². The summed E-state index contributed by atoms with van der Waals surface area (Å²) >= 11 is 0. The fraction of sp³-hybridized carbons (Fsp3) is 0.333. The molecule has 0 radical (unpaired) electrons. The van der Waals surface area contributed by atoms with Crippen LogP contribution in [0.5, 0.6) is 0 Å². The van der Waals surface area contributed by atoms with Crippen LogP contribution in [0, 0.1) is 6.92 Å². The first-order chi connectivity index (χ1) is 13.6.